The van der Waals surface area contributed by atoms with Crippen molar-refractivity contribution in [3.8, 4) is 5.75 Å². The highest BCUT2D eigenvalue weighted by Crippen LogP contribution is 2.24. The summed E-state index contributed by atoms with van der Waals surface area (Å²) in [5.41, 5.74) is 4.89. The summed E-state index contributed by atoms with van der Waals surface area (Å²) < 4.78 is 7.58. The van der Waals surface area contributed by atoms with Crippen molar-refractivity contribution in [1.82, 2.24) is 14.5 Å². The third-order valence-electron chi connectivity index (χ3n) is 6.63. The van der Waals surface area contributed by atoms with E-state index in [1.165, 1.54) is 16.6 Å². The van der Waals surface area contributed by atoms with Gasteiger partial charge in [0.1, 0.15) is 5.75 Å². The molecule has 33 heavy (non-hydrogen) atoms. The lowest BCUT2D eigenvalue weighted by Crippen LogP contribution is -2.40. The van der Waals surface area contributed by atoms with Gasteiger partial charge < -0.3 is 19.5 Å². The zero-order chi connectivity index (χ0) is 22.5. The number of likely N-dealkylation sites (tertiary alicyclic amines) is 1. The van der Waals surface area contributed by atoms with Gasteiger partial charge in [-0.1, -0.05) is 54.6 Å². The maximum atomic E-state index is 5.26. The summed E-state index contributed by atoms with van der Waals surface area (Å²) in [6, 6.07) is 27.9. The Labute approximate surface area is 196 Å². The molecule has 0 atom stereocenters. The molecule has 0 saturated carbocycles. The van der Waals surface area contributed by atoms with Crippen LogP contribution in [0.4, 0.5) is 5.95 Å². The number of rotatable bonds is 8. The molecular formula is C28H32N4O. The average molecular weight is 441 g/mol. The lowest BCUT2D eigenvalue weighted by Gasteiger charge is -2.32. The van der Waals surface area contributed by atoms with Gasteiger partial charge in [-0.25, -0.2) is 4.98 Å². The number of nitrogens with one attached hydrogen (secondary N) is 1. The Bertz CT molecular complexity index is 1160. The molecule has 4 aromatic rings. The van der Waals surface area contributed by atoms with E-state index in [0.717, 1.165) is 62.7 Å². The third kappa shape index (κ3) is 5.20. The molecule has 1 N–H and O–H groups in total. The molecule has 0 radical (unpaired) electrons. The van der Waals surface area contributed by atoms with E-state index < -0.39 is 0 Å². The number of nitrogens with zero attached hydrogens (tertiary/aromatic N) is 3. The summed E-state index contributed by atoms with van der Waals surface area (Å²) in [5.74, 6) is 1.90. The maximum Gasteiger partial charge on any atom is 0.204 e. The minimum Gasteiger partial charge on any atom is -0.497 e. The second kappa shape index (κ2) is 10.1. The Morgan fingerprint density at radius 1 is 0.879 bits per heavy atom. The van der Waals surface area contributed by atoms with Crippen LogP contribution in [-0.2, 0) is 13.0 Å². The molecule has 0 spiro atoms. The Hall–Kier alpha value is -3.31. The van der Waals surface area contributed by atoms with Crippen molar-refractivity contribution in [2.24, 2.45) is 0 Å². The number of fused-ring (bicyclic) bond motifs is 1. The predicted molar refractivity (Wildman–Crippen MR) is 135 cm³/mol. The zero-order valence-electron chi connectivity index (χ0n) is 19.3. The van der Waals surface area contributed by atoms with E-state index in [-0.39, 0.29) is 0 Å². The SMILES string of the molecule is COc1ccc(CCN2CCC(Nc3nc4ccccc4n3Cc3ccccc3)CC2)cc1. The molecule has 3 aromatic carbocycles. The van der Waals surface area contributed by atoms with E-state index in [2.05, 4.69) is 81.5 Å². The number of aromatic nitrogens is 2. The van der Waals surface area contributed by atoms with Gasteiger partial charge in [0.05, 0.1) is 24.7 Å². The molecule has 1 fully saturated rings. The highest BCUT2D eigenvalue weighted by Gasteiger charge is 2.21. The minimum absolute atomic E-state index is 0.452. The van der Waals surface area contributed by atoms with E-state index in [1.54, 1.807) is 7.11 Å². The van der Waals surface area contributed by atoms with Crippen molar-refractivity contribution in [2.75, 3.05) is 32.1 Å². The molecule has 1 aliphatic heterocycles. The van der Waals surface area contributed by atoms with Crippen LogP contribution < -0.4 is 10.1 Å². The molecule has 170 valence electrons. The van der Waals surface area contributed by atoms with Gasteiger partial charge in [-0.15, -0.1) is 0 Å². The fraction of sp³-hybridized carbons (Fsp3) is 0.321. The smallest absolute Gasteiger partial charge is 0.204 e. The molecule has 2 heterocycles. The Balaban J connectivity index is 1.20. The van der Waals surface area contributed by atoms with Crippen LogP contribution in [0.15, 0.2) is 78.9 Å². The normalized spacial score (nSPS) is 15.1. The molecule has 0 bridgehead atoms. The number of methoxy groups -OCH3 is 1. The molecule has 5 heteroatoms. The molecule has 5 rings (SSSR count). The second-order valence-corrected chi connectivity index (χ2v) is 8.85. The standard InChI is InChI=1S/C28H32N4O/c1-33-25-13-11-22(12-14-25)15-18-31-19-16-24(17-20-31)29-28-30-26-9-5-6-10-27(26)32(28)21-23-7-3-2-4-8-23/h2-14,24H,15-21H2,1H3,(H,29,30). The first-order valence-corrected chi connectivity index (χ1v) is 11.9. The van der Waals surface area contributed by atoms with Crippen LogP contribution in [0.25, 0.3) is 11.0 Å². The molecule has 5 nitrogen and oxygen atoms in total. The number of anilines is 1. The van der Waals surface area contributed by atoms with Gasteiger partial charge in [-0.2, -0.15) is 0 Å². The quantitative estimate of drug-likeness (QED) is 0.408. The lowest BCUT2D eigenvalue weighted by atomic mass is 10.0. The van der Waals surface area contributed by atoms with Crippen LogP contribution in [0.1, 0.15) is 24.0 Å². The van der Waals surface area contributed by atoms with Gasteiger partial charge in [0.2, 0.25) is 5.95 Å². The Morgan fingerprint density at radius 3 is 2.36 bits per heavy atom. The van der Waals surface area contributed by atoms with Gasteiger partial charge in [-0.05, 0) is 54.7 Å². The molecule has 1 aromatic heterocycles. The van der Waals surface area contributed by atoms with Crippen molar-refractivity contribution in [1.29, 1.82) is 0 Å². The summed E-state index contributed by atoms with van der Waals surface area (Å²) in [5, 5.41) is 3.78. The number of piperidine rings is 1. The van der Waals surface area contributed by atoms with Gasteiger partial charge in [-0.3, -0.25) is 0 Å². The van der Waals surface area contributed by atoms with E-state index in [9.17, 15) is 0 Å². The highest BCUT2D eigenvalue weighted by atomic mass is 16.5. The number of para-hydroxylation sites is 2. The monoisotopic (exact) mass is 440 g/mol. The van der Waals surface area contributed by atoms with Crippen LogP contribution in [-0.4, -0.2) is 47.2 Å². The number of hydrogen-bond donors (Lipinski definition) is 1. The molecule has 0 aliphatic carbocycles. The average Bonchev–Trinajstić information content (AvgIpc) is 3.21. The summed E-state index contributed by atoms with van der Waals surface area (Å²) >= 11 is 0. The summed E-state index contributed by atoms with van der Waals surface area (Å²) in [7, 11) is 1.71. The fourth-order valence-corrected chi connectivity index (χ4v) is 4.67. The number of hydrogen-bond acceptors (Lipinski definition) is 4. The molecule has 0 unspecified atom stereocenters. The van der Waals surface area contributed by atoms with Crippen molar-refractivity contribution in [3.05, 3.63) is 90.0 Å². The van der Waals surface area contributed by atoms with E-state index in [0.29, 0.717) is 6.04 Å². The number of benzene rings is 3. The maximum absolute atomic E-state index is 5.26. The third-order valence-corrected chi connectivity index (χ3v) is 6.63. The highest BCUT2D eigenvalue weighted by molar-refractivity contribution is 5.78. The first kappa shape index (κ1) is 21.5. The predicted octanol–water partition coefficient (Wildman–Crippen LogP) is 5.21. The summed E-state index contributed by atoms with van der Waals surface area (Å²) in [6.45, 7) is 4.16. The van der Waals surface area contributed by atoms with Crippen molar-refractivity contribution in [3.63, 3.8) is 0 Å². The van der Waals surface area contributed by atoms with Gasteiger partial charge >= 0.3 is 0 Å². The van der Waals surface area contributed by atoms with E-state index >= 15 is 0 Å². The number of ether oxygens (including phenoxy) is 1. The van der Waals surface area contributed by atoms with Crippen LogP contribution in [0.5, 0.6) is 5.75 Å². The summed E-state index contributed by atoms with van der Waals surface area (Å²) in [4.78, 5) is 7.52. The molecule has 1 saturated heterocycles. The molecule has 1 aliphatic rings. The Morgan fingerprint density at radius 2 is 1.61 bits per heavy atom. The fourth-order valence-electron chi connectivity index (χ4n) is 4.67. The topological polar surface area (TPSA) is 42.3 Å². The van der Waals surface area contributed by atoms with Crippen LogP contribution >= 0.6 is 0 Å². The lowest BCUT2D eigenvalue weighted by molar-refractivity contribution is 0.221. The van der Waals surface area contributed by atoms with Crippen LogP contribution in [0.2, 0.25) is 0 Å². The van der Waals surface area contributed by atoms with Crippen molar-refractivity contribution < 1.29 is 4.74 Å². The Kier molecular flexibility index (Phi) is 6.58. The summed E-state index contributed by atoms with van der Waals surface area (Å²) in [6.07, 6.45) is 3.35. The first-order valence-electron chi connectivity index (χ1n) is 11.9. The minimum atomic E-state index is 0.452. The van der Waals surface area contributed by atoms with Crippen molar-refractivity contribution in [2.45, 2.75) is 31.8 Å². The second-order valence-electron chi connectivity index (χ2n) is 8.85. The van der Waals surface area contributed by atoms with Gasteiger partial charge in [0.15, 0.2) is 0 Å². The zero-order valence-corrected chi connectivity index (χ0v) is 19.3. The largest absolute Gasteiger partial charge is 0.497 e. The molecular weight excluding hydrogens is 408 g/mol. The van der Waals surface area contributed by atoms with Crippen LogP contribution in [0.3, 0.4) is 0 Å². The van der Waals surface area contributed by atoms with Gasteiger partial charge in [0, 0.05) is 25.7 Å². The van der Waals surface area contributed by atoms with Gasteiger partial charge in [0.25, 0.3) is 0 Å². The van der Waals surface area contributed by atoms with Crippen LogP contribution in [0, 0.1) is 0 Å². The van der Waals surface area contributed by atoms with E-state index in [1.807, 2.05) is 12.1 Å². The first-order chi connectivity index (χ1) is 16.3. The van der Waals surface area contributed by atoms with Crippen molar-refractivity contribution >= 4 is 17.0 Å². The molecule has 0 amide bonds. The number of imidazole rings is 1. The van der Waals surface area contributed by atoms with E-state index in [4.69, 9.17) is 9.72 Å².